The fourth-order valence-electron chi connectivity index (χ4n) is 2.22. The maximum Gasteiger partial charge on any atom is 0.320 e. The number of hydrogen-bond acceptors (Lipinski definition) is 4. The van der Waals surface area contributed by atoms with E-state index >= 15 is 0 Å². The van der Waals surface area contributed by atoms with E-state index in [2.05, 4.69) is 10.2 Å². The number of esters is 1. The molecule has 1 N–H and O–H groups in total. The predicted octanol–water partition coefficient (Wildman–Crippen LogP) is 1.42. The highest BCUT2D eigenvalue weighted by atomic mass is 16.5. The van der Waals surface area contributed by atoms with Crippen molar-refractivity contribution >= 4 is 5.97 Å². The summed E-state index contributed by atoms with van der Waals surface area (Å²) in [7, 11) is 0. The Kier molecular flexibility index (Phi) is 5.85. The molecule has 0 atom stereocenters. The number of hydrogen-bond donors (Lipinski definition) is 1. The van der Waals surface area contributed by atoms with Crippen LogP contribution in [0, 0.1) is 0 Å². The number of nitrogens with one attached hydrogen (secondary N) is 1. The van der Waals surface area contributed by atoms with E-state index in [1.807, 2.05) is 30.3 Å². The molecular formula is C15H22N2O2. The lowest BCUT2D eigenvalue weighted by atomic mass is 10.2. The van der Waals surface area contributed by atoms with Gasteiger partial charge in [0.2, 0.25) is 0 Å². The largest absolute Gasteiger partial charge is 0.460 e. The fourth-order valence-corrected chi connectivity index (χ4v) is 2.22. The fraction of sp³-hybridized carbons (Fsp3) is 0.533. The van der Waals surface area contributed by atoms with Gasteiger partial charge in [0, 0.05) is 0 Å². The monoisotopic (exact) mass is 262 g/mol. The molecule has 0 bridgehead atoms. The van der Waals surface area contributed by atoms with Crippen molar-refractivity contribution in [3.8, 4) is 0 Å². The van der Waals surface area contributed by atoms with Crippen LogP contribution in [-0.4, -0.2) is 43.6 Å². The normalized spacial score (nSPS) is 17.5. The number of benzene rings is 1. The molecule has 1 aliphatic heterocycles. The number of rotatable bonds is 4. The third kappa shape index (κ3) is 5.41. The van der Waals surface area contributed by atoms with Crippen molar-refractivity contribution in [2.75, 3.05) is 32.7 Å². The van der Waals surface area contributed by atoms with Crippen LogP contribution in [0.4, 0.5) is 0 Å². The summed E-state index contributed by atoms with van der Waals surface area (Å²) >= 11 is 0. The quantitative estimate of drug-likeness (QED) is 0.833. The van der Waals surface area contributed by atoms with E-state index in [9.17, 15) is 4.79 Å². The molecule has 0 aromatic heterocycles. The Labute approximate surface area is 114 Å². The summed E-state index contributed by atoms with van der Waals surface area (Å²) in [5, 5.41) is 3.36. The van der Waals surface area contributed by atoms with E-state index in [0.29, 0.717) is 13.2 Å². The van der Waals surface area contributed by atoms with Gasteiger partial charge in [-0.2, -0.15) is 0 Å². The molecule has 1 aromatic carbocycles. The lowest BCUT2D eigenvalue weighted by molar-refractivity contribution is -0.146. The molecule has 104 valence electrons. The molecule has 1 fully saturated rings. The van der Waals surface area contributed by atoms with E-state index in [0.717, 1.165) is 44.6 Å². The van der Waals surface area contributed by atoms with Crippen LogP contribution in [-0.2, 0) is 16.1 Å². The molecule has 0 spiro atoms. The third-order valence-corrected chi connectivity index (χ3v) is 3.25. The van der Waals surface area contributed by atoms with Crippen molar-refractivity contribution in [2.24, 2.45) is 0 Å². The van der Waals surface area contributed by atoms with Crippen LogP contribution in [0.1, 0.15) is 18.4 Å². The zero-order valence-electron chi connectivity index (χ0n) is 11.3. The topological polar surface area (TPSA) is 41.6 Å². The first-order chi connectivity index (χ1) is 9.34. The summed E-state index contributed by atoms with van der Waals surface area (Å²) in [5.74, 6) is -0.127. The summed E-state index contributed by atoms with van der Waals surface area (Å²) in [6, 6.07) is 9.80. The van der Waals surface area contributed by atoms with Gasteiger partial charge in [-0.15, -0.1) is 0 Å². The van der Waals surface area contributed by atoms with E-state index < -0.39 is 0 Å². The van der Waals surface area contributed by atoms with Crippen molar-refractivity contribution in [3.05, 3.63) is 35.9 Å². The molecule has 2 rings (SSSR count). The first kappa shape index (κ1) is 14.0. The smallest absolute Gasteiger partial charge is 0.320 e. The van der Waals surface area contributed by atoms with E-state index in [4.69, 9.17) is 4.74 Å². The molecule has 0 amide bonds. The van der Waals surface area contributed by atoms with Crippen molar-refractivity contribution < 1.29 is 9.53 Å². The minimum atomic E-state index is -0.127. The Morgan fingerprint density at radius 1 is 1.16 bits per heavy atom. The van der Waals surface area contributed by atoms with Crippen LogP contribution in [0.5, 0.6) is 0 Å². The van der Waals surface area contributed by atoms with Crippen molar-refractivity contribution in [1.82, 2.24) is 10.2 Å². The summed E-state index contributed by atoms with van der Waals surface area (Å²) in [4.78, 5) is 14.0. The average Bonchev–Trinajstić information content (AvgIpc) is 2.41. The Hall–Kier alpha value is -1.39. The number of nitrogens with zero attached hydrogens (tertiary/aromatic N) is 1. The highest BCUT2D eigenvalue weighted by molar-refractivity contribution is 5.71. The van der Waals surface area contributed by atoms with Crippen LogP contribution in [0.3, 0.4) is 0 Å². The minimum absolute atomic E-state index is 0.127. The van der Waals surface area contributed by atoms with Gasteiger partial charge in [0.15, 0.2) is 0 Å². The van der Waals surface area contributed by atoms with Gasteiger partial charge in [-0.1, -0.05) is 30.3 Å². The number of carbonyl (C=O) groups is 1. The van der Waals surface area contributed by atoms with E-state index in [-0.39, 0.29) is 5.97 Å². The molecule has 1 aromatic rings. The lowest BCUT2D eigenvalue weighted by Gasteiger charge is -2.23. The predicted molar refractivity (Wildman–Crippen MR) is 74.8 cm³/mol. The van der Waals surface area contributed by atoms with E-state index in [1.54, 1.807) is 0 Å². The summed E-state index contributed by atoms with van der Waals surface area (Å²) in [6.45, 7) is 4.79. The Bertz CT molecular complexity index is 373. The summed E-state index contributed by atoms with van der Waals surface area (Å²) in [5.41, 5.74) is 1.03. The summed E-state index contributed by atoms with van der Waals surface area (Å²) in [6.07, 6.45) is 2.18. The highest BCUT2D eigenvalue weighted by Gasteiger charge is 2.12. The second-order valence-corrected chi connectivity index (χ2v) is 4.88. The SMILES string of the molecule is O=C(CN1CCCNCCC1)OCc1ccccc1. The molecule has 0 radical (unpaired) electrons. The molecule has 1 aliphatic rings. The minimum Gasteiger partial charge on any atom is -0.460 e. The Morgan fingerprint density at radius 2 is 1.84 bits per heavy atom. The van der Waals surface area contributed by atoms with Gasteiger partial charge in [-0.25, -0.2) is 0 Å². The van der Waals surface area contributed by atoms with Crippen LogP contribution in [0.25, 0.3) is 0 Å². The maximum absolute atomic E-state index is 11.8. The van der Waals surface area contributed by atoms with Crippen LogP contribution >= 0.6 is 0 Å². The van der Waals surface area contributed by atoms with Gasteiger partial charge >= 0.3 is 5.97 Å². The molecule has 4 heteroatoms. The van der Waals surface area contributed by atoms with E-state index in [1.165, 1.54) is 0 Å². The first-order valence-electron chi connectivity index (χ1n) is 6.97. The van der Waals surface area contributed by atoms with Crippen LogP contribution in [0.2, 0.25) is 0 Å². The van der Waals surface area contributed by atoms with Gasteiger partial charge in [0.05, 0.1) is 6.54 Å². The van der Waals surface area contributed by atoms with Crippen LogP contribution < -0.4 is 5.32 Å². The molecule has 0 unspecified atom stereocenters. The van der Waals surface area contributed by atoms with Gasteiger partial charge in [-0.3, -0.25) is 9.69 Å². The average molecular weight is 262 g/mol. The van der Waals surface area contributed by atoms with Crippen LogP contribution in [0.15, 0.2) is 30.3 Å². The van der Waals surface area contributed by atoms with Crippen molar-refractivity contribution in [2.45, 2.75) is 19.4 Å². The number of ether oxygens (including phenoxy) is 1. The van der Waals surface area contributed by atoms with Gasteiger partial charge < -0.3 is 10.1 Å². The second kappa shape index (κ2) is 7.92. The molecule has 0 saturated carbocycles. The molecule has 0 aliphatic carbocycles. The van der Waals surface area contributed by atoms with Crippen molar-refractivity contribution in [3.63, 3.8) is 0 Å². The number of carbonyl (C=O) groups excluding carboxylic acids is 1. The van der Waals surface area contributed by atoms with Gasteiger partial charge in [0.1, 0.15) is 6.61 Å². The van der Waals surface area contributed by atoms with Crippen molar-refractivity contribution in [1.29, 1.82) is 0 Å². The highest BCUT2D eigenvalue weighted by Crippen LogP contribution is 2.02. The Balaban J connectivity index is 1.71. The molecule has 1 saturated heterocycles. The maximum atomic E-state index is 11.8. The van der Waals surface area contributed by atoms with Gasteiger partial charge in [0.25, 0.3) is 0 Å². The third-order valence-electron chi connectivity index (χ3n) is 3.25. The standard InChI is InChI=1S/C15H22N2O2/c18-15(19-13-14-6-2-1-3-7-14)12-17-10-4-8-16-9-5-11-17/h1-3,6-7,16H,4-5,8-13H2. The second-order valence-electron chi connectivity index (χ2n) is 4.88. The van der Waals surface area contributed by atoms with Gasteiger partial charge in [-0.05, 0) is 44.6 Å². The lowest BCUT2D eigenvalue weighted by Crippen LogP contribution is -2.37. The molecular weight excluding hydrogens is 240 g/mol. The molecule has 4 nitrogen and oxygen atoms in total. The molecule has 1 heterocycles. The first-order valence-corrected chi connectivity index (χ1v) is 6.97. The molecule has 19 heavy (non-hydrogen) atoms. The Morgan fingerprint density at radius 3 is 2.53 bits per heavy atom. The zero-order valence-corrected chi connectivity index (χ0v) is 11.3. The summed E-state index contributed by atoms with van der Waals surface area (Å²) < 4.78 is 5.31. The zero-order chi connectivity index (χ0) is 13.3.